The van der Waals surface area contributed by atoms with Crippen LogP contribution in [0.15, 0.2) is 0 Å². The molecule has 2 fully saturated rings. The van der Waals surface area contributed by atoms with Crippen molar-refractivity contribution in [3.05, 3.63) is 0 Å². The first kappa shape index (κ1) is 11.9. The van der Waals surface area contributed by atoms with Crippen molar-refractivity contribution in [3.63, 3.8) is 0 Å². The van der Waals surface area contributed by atoms with E-state index in [9.17, 15) is 4.79 Å². The topological polar surface area (TPSA) is 26.3 Å². The van der Waals surface area contributed by atoms with Crippen molar-refractivity contribution in [2.75, 3.05) is 6.61 Å². The van der Waals surface area contributed by atoms with Crippen LogP contribution >= 0.6 is 0 Å². The van der Waals surface area contributed by atoms with Gasteiger partial charge in [0.25, 0.3) is 0 Å². The minimum atomic E-state index is 0.0802. The Kier molecular flexibility index (Phi) is 3.56. The van der Waals surface area contributed by atoms with Crippen LogP contribution in [0.3, 0.4) is 0 Å². The smallest absolute Gasteiger partial charge is 0.309 e. The molecule has 2 unspecified atom stereocenters. The highest BCUT2D eigenvalue weighted by atomic mass is 16.5. The lowest BCUT2D eigenvalue weighted by atomic mass is 9.61. The van der Waals surface area contributed by atoms with Crippen LogP contribution in [0.4, 0.5) is 0 Å². The summed E-state index contributed by atoms with van der Waals surface area (Å²) in [6.45, 7) is 4.67. The van der Waals surface area contributed by atoms with E-state index in [1.54, 1.807) is 0 Å². The van der Waals surface area contributed by atoms with Crippen LogP contribution in [0.5, 0.6) is 0 Å². The maximum absolute atomic E-state index is 12.1. The van der Waals surface area contributed by atoms with E-state index in [-0.39, 0.29) is 11.9 Å². The second-order valence-electron chi connectivity index (χ2n) is 5.67. The molecule has 0 heterocycles. The van der Waals surface area contributed by atoms with E-state index in [0.29, 0.717) is 17.9 Å². The number of carbonyl (C=O) groups excluding carboxylic acids is 1. The van der Waals surface area contributed by atoms with E-state index in [1.165, 1.54) is 44.9 Å². The van der Waals surface area contributed by atoms with Crippen LogP contribution in [-0.4, -0.2) is 12.6 Å². The molecule has 16 heavy (non-hydrogen) atoms. The Morgan fingerprint density at radius 3 is 2.50 bits per heavy atom. The normalized spacial score (nSPS) is 32.9. The maximum atomic E-state index is 12.1. The van der Waals surface area contributed by atoms with Crippen molar-refractivity contribution >= 4 is 5.97 Å². The monoisotopic (exact) mass is 224 g/mol. The lowest BCUT2D eigenvalue weighted by Crippen LogP contribution is -2.42. The molecule has 0 aromatic carbocycles. The Morgan fingerprint density at radius 1 is 1.25 bits per heavy atom. The molecule has 2 atom stereocenters. The zero-order valence-corrected chi connectivity index (χ0v) is 10.6. The minimum absolute atomic E-state index is 0.0802. The molecule has 2 aliphatic carbocycles. The standard InChI is InChI=1S/C14H24O2/c1-3-16-13(15)12-11(2)7-6-10-14(12)8-4-5-9-14/h11-12H,3-10H2,1-2H3. The molecule has 0 aromatic heterocycles. The largest absolute Gasteiger partial charge is 0.466 e. The quantitative estimate of drug-likeness (QED) is 0.670. The summed E-state index contributed by atoms with van der Waals surface area (Å²) in [5.74, 6) is 0.784. The molecule has 2 rings (SSSR count). The van der Waals surface area contributed by atoms with E-state index in [0.717, 1.165) is 0 Å². The molecule has 0 aromatic rings. The van der Waals surface area contributed by atoms with Gasteiger partial charge in [0, 0.05) is 0 Å². The van der Waals surface area contributed by atoms with Gasteiger partial charge in [-0.25, -0.2) is 0 Å². The second kappa shape index (κ2) is 4.77. The molecular weight excluding hydrogens is 200 g/mol. The van der Waals surface area contributed by atoms with Gasteiger partial charge in [-0.1, -0.05) is 26.2 Å². The summed E-state index contributed by atoms with van der Waals surface area (Å²) in [5.41, 5.74) is 0.309. The zero-order valence-electron chi connectivity index (χ0n) is 10.6. The third-order valence-electron chi connectivity index (χ3n) is 4.70. The number of hydrogen-bond donors (Lipinski definition) is 0. The summed E-state index contributed by atoms with van der Waals surface area (Å²) >= 11 is 0. The first-order valence-corrected chi connectivity index (χ1v) is 6.86. The molecule has 1 spiro atoms. The highest BCUT2D eigenvalue weighted by Gasteiger charge is 2.49. The summed E-state index contributed by atoms with van der Waals surface area (Å²) in [7, 11) is 0. The van der Waals surface area contributed by atoms with E-state index in [2.05, 4.69) is 6.92 Å². The van der Waals surface area contributed by atoms with E-state index < -0.39 is 0 Å². The number of carbonyl (C=O) groups is 1. The van der Waals surface area contributed by atoms with Gasteiger partial charge in [0.1, 0.15) is 0 Å². The molecule has 2 heteroatoms. The first-order chi connectivity index (χ1) is 7.69. The molecule has 92 valence electrons. The van der Waals surface area contributed by atoms with E-state index in [4.69, 9.17) is 4.74 Å². The second-order valence-corrected chi connectivity index (χ2v) is 5.67. The van der Waals surface area contributed by atoms with Gasteiger partial charge in [-0.3, -0.25) is 4.79 Å². The van der Waals surface area contributed by atoms with Crippen LogP contribution in [-0.2, 0) is 9.53 Å². The number of rotatable bonds is 2. The van der Waals surface area contributed by atoms with Crippen molar-refractivity contribution in [3.8, 4) is 0 Å². The zero-order chi connectivity index (χ0) is 11.6. The van der Waals surface area contributed by atoms with Crippen LogP contribution in [0.25, 0.3) is 0 Å². The summed E-state index contributed by atoms with van der Waals surface area (Å²) in [6, 6.07) is 0. The lowest BCUT2D eigenvalue weighted by Gasteiger charge is -2.43. The fraction of sp³-hybridized carbons (Fsp3) is 0.929. The van der Waals surface area contributed by atoms with Crippen molar-refractivity contribution in [1.29, 1.82) is 0 Å². The molecule has 0 amide bonds. The van der Waals surface area contributed by atoms with Gasteiger partial charge in [-0.05, 0) is 43.9 Å². The van der Waals surface area contributed by atoms with Crippen molar-refractivity contribution in [1.82, 2.24) is 0 Å². The van der Waals surface area contributed by atoms with Crippen LogP contribution in [0.1, 0.15) is 58.8 Å². The molecule has 0 aliphatic heterocycles. The van der Waals surface area contributed by atoms with Gasteiger partial charge < -0.3 is 4.74 Å². The molecule has 0 bridgehead atoms. The highest BCUT2D eigenvalue weighted by molar-refractivity contribution is 5.74. The Bertz CT molecular complexity index is 253. The number of ether oxygens (including phenoxy) is 1. The summed E-state index contributed by atoms with van der Waals surface area (Å²) in [4.78, 5) is 12.1. The van der Waals surface area contributed by atoms with Gasteiger partial charge in [0.05, 0.1) is 12.5 Å². The van der Waals surface area contributed by atoms with Crippen LogP contribution in [0, 0.1) is 17.3 Å². The minimum Gasteiger partial charge on any atom is -0.466 e. The van der Waals surface area contributed by atoms with Gasteiger partial charge >= 0.3 is 5.97 Å². The predicted molar refractivity (Wildman–Crippen MR) is 64.0 cm³/mol. The predicted octanol–water partition coefficient (Wildman–Crippen LogP) is 3.55. The highest BCUT2D eigenvalue weighted by Crippen LogP contribution is 2.54. The third-order valence-corrected chi connectivity index (χ3v) is 4.70. The Morgan fingerprint density at radius 2 is 1.88 bits per heavy atom. The van der Waals surface area contributed by atoms with Crippen molar-refractivity contribution < 1.29 is 9.53 Å². The number of esters is 1. The summed E-state index contributed by atoms with van der Waals surface area (Å²) in [5, 5.41) is 0. The van der Waals surface area contributed by atoms with E-state index >= 15 is 0 Å². The molecule has 2 saturated carbocycles. The Labute approximate surface area is 98.7 Å². The molecule has 2 nitrogen and oxygen atoms in total. The molecule has 0 N–H and O–H groups in total. The maximum Gasteiger partial charge on any atom is 0.309 e. The van der Waals surface area contributed by atoms with Gasteiger partial charge in [-0.2, -0.15) is 0 Å². The first-order valence-electron chi connectivity index (χ1n) is 6.86. The fourth-order valence-corrected chi connectivity index (χ4v) is 4.06. The average molecular weight is 224 g/mol. The Balaban J connectivity index is 2.17. The lowest BCUT2D eigenvalue weighted by molar-refractivity contribution is -0.158. The SMILES string of the molecule is CCOC(=O)C1C(C)CCCC12CCCC2. The molecule has 0 radical (unpaired) electrons. The molecule has 0 saturated heterocycles. The van der Waals surface area contributed by atoms with Gasteiger partial charge in [-0.15, -0.1) is 0 Å². The van der Waals surface area contributed by atoms with Crippen molar-refractivity contribution in [2.24, 2.45) is 17.3 Å². The third kappa shape index (κ3) is 1.99. The number of hydrogen-bond acceptors (Lipinski definition) is 2. The van der Waals surface area contributed by atoms with Crippen molar-refractivity contribution in [2.45, 2.75) is 58.8 Å². The Hall–Kier alpha value is -0.530. The van der Waals surface area contributed by atoms with Crippen LogP contribution in [0.2, 0.25) is 0 Å². The summed E-state index contributed by atoms with van der Waals surface area (Å²) in [6.07, 6.45) is 8.87. The van der Waals surface area contributed by atoms with Gasteiger partial charge in [0.15, 0.2) is 0 Å². The molecular formula is C14H24O2. The van der Waals surface area contributed by atoms with Crippen LogP contribution < -0.4 is 0 Å². The fourth-order valence-electron chi connectivity index (χ4n) is 4.06. The van der Waals surface area contributed by atoms with E-state index in [1.807, 2.05) is 6.92 Å². The van der Waals surface area contributed by atoms with Gasteiger partial charge in [0.2, 0.25) is 0 Å². The summed E-state index contributed by atoms with van der Waals surface area (Å²) < 4.78 is 5.30. The molecule has 2 aliphatic rings. The average Bonchev–Trinajstić information content (AvgIpc) is 2.67.